The third-order valence-corrected chi connectivity index (χ3v) is 5.97. The zero-order valence-electron chi connectivity index (χ0n) is 13.0. The summed E-state index contributed by atoms with van der Waals surface area (Å²) in [5, 5.41) is 6.44. The minimum Gasteiger partial charge on any atom is -0.340 e. The minimum absolute atomic E-state index is 0.0616. The summed E-state index contributed by atoms with van der Waals surface area (Å²) in [7, 11) is 0. The minimum atomic E-state index is -0.0633. The summed E-state index contributed by atoms with van der Waals surface area (Å²) >= 11 is 7.75. The number of halogens is 1. The molecule has 1 aliphatic heterocycles. The van der Waals surface area contributed by atoms with Crippen LogP contribution in [0.2, 0.25) is 5.02 Å². The van der Waals surface area contributed by atoms with Crippen LogP contribution in [0.15, 0.2) is 65.5 Å². The van der Waals surface area contributed by atoms with Crippen LogP contribution in [0.3, 0.4) is 0 Å². The van der Waals surface area contributed by atoms with Gasteiger partial charge in [0.05, 0.1) is 16.5 Å². The fraction of sp³-hybridized carbons (Fsp3) is 0.0500. The Labute approximate surface area is 152 Å². The lowest BCUT2D eigenvalue weighted by Crippen LogP contribution is -2.13. The Hall–Kier alpha value is -2.56. The SMILES string of the molecule is O=c1[nH]c2c(s1)C(c1ccccc1Cl)c1ccc3ccccc3c1N2. The van der Waals surface area contributed by atoms with E-state index in [1.165, 1.54) is 11.3 Å². The molecule has 4 aromatic rings. The molecular weight excluding hydrogens is 352 g/mol. The van der Waals surface area contributed by atoms with Gasteiger partial charge in [-0.3, -0.25) is 9.78 Å². The first-order chi connectivity index (χ1) is 12.2. The number of thiazole rings is 1. The van der Waals surface area contributed by atoms with E-state index < -0.39 is 0 Å². The van der Waals surface area contributed by atoms with Gasteiger partial charge >= 0.3 is 4.87 Å². The highest BCUT2D eigenvalue weighted by Crippen LogP contribution is 2.48. The van der Waals surface area contributed by atoms with Gasteiger partial charge in [-0.05, 0) is 22.6 Å². The van der Waals surface area contributed by atoms with Crippen LogP contribution in [0, 0.1) is 0 Å². The normalized spacial score (nSPS) is 15.5. The van der Waals surface area contributed by atoms with E-state index in [1.54, 1.807) is 0 Å². The van der Waals surface area contributed by atoms with Crippen molar-refractivity contribution < 1.29 is 0 Å². The smallest absolute Gasteiger partial charge is 0.306 e. The molecule has 25 heavy (non-hydrogen) atoms. The molecule has 0 radical (unpaired) electrons. The number of benzene rings is 3. The molecular formula is C20H13ClN2OS. The largest absolute Gasteiger partial charge is 0.340 e. The molecule has 0 saturated heterocycles. The molecule has 1 aliphatic rings. The number of H-pyrrole nitrogens is 1. The van der Waals surface area contributed by atoms with Gasteiger partial charge in [-0.2, -0.15) is 0 Å². The fourth-order valence-electron chi connectivity index (χ4n) is 3.59. The van der Waals surface area contributed by atoms with Gasteiger partial charge in [-0.1, -0.05) is 77.5 Å². The summed E-state index contributed by atoms with van der Waals surface area (Å²) in [6, 6.07) is 20.3. The van der Waals surface area contributed by atoms with Crippen molar-refractivity contribution in [3.8, 4) is 0 Å². The highest BCUT2D eigenvalue weighted by molar-refractivity contribution is 7.10. The summed E-state index contributed by atoms with van der Waals surface area (Å²) in [6.45, 7) is 0. The van der Waals surface area contributed by atoms with Crippen LogP contribution < -0.4 is 10.2 Å². The molecule has 3 aromatic carbocycles. The Bertz CT molecular complexity index is 1180. The van der Waals surface area contributed by atoms with Gasteiger partial charge in [-0.25, -0.2) is 0 Å². The number of aromatic amines is 1. The van der Waals surface area contributed by atoms with E-state index in [1.807, 2.05) is 36.4 Å². The van der Waals surface area contributed by atoms with Crippen molar-refractivity contribution in [3.63, 3.8) is 0 Å². The molecule has 1 unspecified atom stereocenters. The Morgan fingerprint density at radius 2 is 1.72 bits per heavy atom. The maximum absolute atomic E-state index is 12.0. The van der Waals surface area contributed by atoms with Crippen molar-refractivity contribution in [2.24, 2.45) is 0 Å². The number of hydrogen-bond acceptors (Lipinski definition) is 3. The Balaban J connectivity index is 1.86. The van der Waals surface area contributed by atoms with Crippen LogP contribution >= 0.6 is 22.9 Å². The van der Waals surface area contributed by atoms with Crippen LogP contribution in [0.5, 0.6) is 0 Å². The zero-order chi connectivity index (χ0) is 17.0. The molecule has 0 amide bonds. The van der Waals surface area contributed by atoms with Crippen molar-refractivity contribution >= 4 is 45.2 Å². The fourth-order valence-corrected chi connectivity index (χ4v) is 4.76. The van der Waals surface area contributed by atoms with Crippen LogP contribution in [0.4, 0.5) is 11.5 Å². The van der Waals surface area contributed by atoms with Crippen molar-refractivity contribution in [1.82, 2.24) is 4.98 Å². The summed E-state index contributed by atoms with van der Waals surface area (Å²) in [5.41, 5.74) is 3.18. The number of hydrogen-bond donors (Lipinski definition) is 2. The summed E-state index contributed by atoms with van der Waals surface area (Å²) in [5.74, 6) is 0.706. The van der Waals surface area contributed by atoms with Gasteiger partial charge in [0.1, 0.15) is 5.82 Å². The van der Waals surface area contributed by atoms with Gasteiger partial charge in [0.25, 0.3) is 0 Å². The summed E-state index contributed by atoms with van der Waals surface area (Å²) in [6.07, 6.45) is 0. The van der Waals surface area contributed by atoms with E-state index in [-0.39, 0.29) is 10.8 Å². The monoisotopic (exact) mass is 364 g/mol. The second kappa shape index (κ2) is 5.48. The number of aromatic nitrogens is 1. The van der Waals surface area contributed by atoms with E-state index in [9.17, 15) is 4.79 Å². The average molecular weight is 365 g/mol. The Morgan fingerprint density at radius 3 is 2.60 bits per heavy atom. The molecule has 5 heteroatoms. The first kappa shape index (κ1) is 14.8. The third kappa shape index (κ3) is 2.22. The number of fused-ring (bicyclic) bond motifs is 4. The van der Waals surface area contributed by atoms with E-state index >= 15 is 0 Å². The second-order valence-corrected chi connectivity index (χ2v) is 7.51. The van der Waals surface area contributed by atoms with Gasteiger partial charge < -0.3 is 5.32 Å². The van der Waals surface area contributed by atoms with Crippen molar-refractivity contribution in [2.45, 2.75) is 5.92 Å². The molecule has 1 aromatic heterocycles. The van der Waals surface area contributed by atoms with Gasteiger partial charge in [0.15, 0.2) is 0 Å². The second-order valence-electron chi connectivity index (χ2n) is 6.08. The van der Waals surface area contributed by atoms with E-state index in [4.69, 9.17) is 11.6 Å². The molecule has 2 N–H and O–H groups in total. The maximum Gasteiger partial charge on any atom is 0.306 e. The summed E-state index contributed by atoms with van der Waals surface area (Å²) < 4.78 is 0. The molecule has 1 atom stereocenters. The highest BCUT2D eigenvalue weighted by atomic mass is 35.5. The Morgan fingerprint density at radius 1 is 0.920 bits per heavy atom. The molecule has 3 nitrogen and oxygen atoms in total. The van der Waals surface area contributed by atoms with Gasteiger partial charge in [-0.15, -0.1) is 0 Å². The number of rotatable bonds is 1. The molecule has 2 heterocycles. The highest BCUT2D eigenvalue weighted by Gasteiger charge is 2.31. The van der Waals surface area contributed by atoms with Gasteiger partial charge in [0.2, 0.25) is 0 Å². The number of nitrogens with one attached hydrogen (secondary N) is 2. The predicted molar refractivity (Wildman–Crippen MR) is 105 cm³/mol. The zero-order valence-corrected chi connectivity index (χ0v) is 14.6. The average Bonchev–Trinajstić information content (AvgIpc) is 3.00. The van der Waals surface area contributed by atoms with E-state index in [0.717, 1.165) is 38.3 Å². The van der Waals surface area contributed by atoms with Crippen LogP contribution in [-0.4, -0.2) is 4.98 Å². The van der Waals surface area contributed by atoms with Crippen molar-refractivity contribution in [3.05, 3.63) is 91.4 Å². The molecule has 122 valence electrons. The molecule has 0 saturated carbocycles. The quantitative estimate of drug-likeness (QED) is 0.413. The first-order valence-corrected chi connectivity index (χ1v) is 9.18. The number of anilines is 2. The van der Waals surface area contributed by atoms with Crippen LogP contribution in [-0.2, 0) is 0 Å². The molecule has 0 spiro atoms. The Kier molecular flexibility index (Phi) is 3.23. The molecule has 5 rings (SSSR count). The third-order valence-electron chi connectivity index (χ3n) is 4.68. The van der Waals surface area contributed by atoms with Crippen LogP contribution in [0.1, 0.15) is 21.9 Å². The van der Waals surface area contributed by atoms with Crippen LogP contribution in [0.25, 0.3) is 10.8 Å². The molecule has 0 aliphatic carbocycles. The molecule has 0 bridgehead atoms. The standard InChI is InChI=1S/C20H13ClN2OS/c21-15-8-4-3-7-13(15)16-14-10-9-11-5-1-2-6-12(11)17(14)22-19-18(16)25-20(24)23-19/h1-10,16,22H,(H,23,24). The topological polar surface area (TPSA) is 44.9 Å². The lowest BCUT2D eigenvalue weighted by Gasteiger charge is -2.28. The van der Waals surface area contributed by atoms with Gasteiger partial charge in [0, 0.05) is 10.4 Å². The maximum atomic E-state index is 12.0. The van der Waals surface area contributed by atoms with E-state index in [0.29, 0.717) is 5.02 Å². The van der Waals surface area contributed by atoms with Crippen molar-refractivity contribution in [2.75, 3.05) is 5.32 Å². The summed E-state index contributed by atoms with van der Waals surface area (Å²) in [4.78, 5) is 15.9. The predicted octanol–water partition coefficient (Wildman–Crippen LogP) is 5.48. The van der Waals surface area contributed by atoms with E-state index in [2.05, 4.69) is 34.6 Å². The lowest BCUT2D eigenvalue weighted by atomic mass is 9.85. The first-order valence-electron chi connectivity index (χ1n) is 7.98. The lowest BCUT2D eigenvalue weighted by molar-refractivity contribution is 0.986. The molecule has 0 fully saturated rings. The van der Waals surface area contributed by atoms with Crippen molar-refractivity contribution in [1.29, 1.82) is 0 Å².